The number of nitrogens with two attached hydrogens (primary N) is 1. The van der Waals surface area contributed by atoms with Gasteiger partial charge in [-0.15, -0.1) is 0 Å². The van der Waals surface area contributed by atoms with Gasteiger partial charge in [0.1, 0.15) is 0 Å². The number of nitrogens with zero attached hydrogens (tertiary/aromatic N) is 1. The zero-order valence-electron chi connectivity index (χ0n) is 11.9. The van der Waals surface area contributed by atoms with Gasteiger partial charge in [-0.3, -0.25) is 4.79 Å². The Labute approximate surface area is 115 Å². The summed E-state index contributed by atoms with van der Waals surface area (Å²) < 4.78 is 0. The molecule has 0 aromatic heterocycles. The number of hydrogen-bond donors (Lipinski definition) is 1. The molecule has 3 nitrogen and oxygen atoms in total. The summed E-state index contributed by atoms with van der Waals surface area (Å²) in [6.45, 7) is 6.10. The van der Waals surface area contributed by atoms with Crippen LogP contribution in [0, 0.1) is 0 Å². The van der Waals surface area contributed by atoms with Gasteiger partial charge in [0.2, 0.25) is 5.91 Å². The predicted molar refractivity (Wildman–Crippen MR) is 78.0 cm³/mol. The third-order valence-corrected chi connectivity index (χ3v) is 3.84. The predicted octanol–water partition coefficient (Wildman–Crippen LogP) is 2.30. The number of carbonyl (C=O) groups is 1. The summed E-state index contributed by atoms with van der Waals surface area (Å²) in [7, 11) is 0. The molecule has 0 radical (unpaired) electrons. The van der Waals surface area contributed by atoms with Gasteiger partial charge < -0.3 is 10.6 Å². The smallest absolute Gasteiger partial charge is 0.239 e. The Morgan fingerprint density at radius 1 is 1.21 bits per heavy atom. The molecule has 1 saturated heterocycles. The first-order chi connectivity index (χ1) is 9.08. The molecule has 1 fully saturated rings. The van der Waals surface area contributed by atoms with E-state index < -0.39 is 6.04 Å². The molecule has 1 unspecified atom stereocenters. The monoisotopic (exact) mass is 260 g/mol. The first-order valence-electron chi connectivity index (χ1n) is 7.21. The van der Waals surface area contributed by atoms with E-state index in [2.05, 4.69) is 38.1 Å². The molecule has 1 amide bonds. The highest BCUT2D eigenvalue weighted by atomic mass is 16.2. The molecule has 0 spiro atoms. The van der Waals surface area contributed by atoms with Gasteiger partial charge in [-0.1, -0.05) is 38.1 Å². The van der Waals surface area contributed by atoms with Crippen molar-refractivity contribution < 1.29 is 4.79 Å². The third kappa shape index (κ3) is 3.57. The van der Waals surface area contributed by atoms with Gasteiger partial charge >= 0.3 is 0 Å². The highest BCUT2D eigenvalue weighted by molar-refractivity contribution is 5.82. The van der Waals surface area contributed by atoms with Crippen molar-refractivity contribution >= 4 is 5.91 Å². The second kappa shape index (κ2) is 6.20. The number of likely N-dealkylation sites (tertiary alicyclic amines) is 1. The van der Waals surface area contributed by atoms with Gasteiger partial charge in [0.05, 0.1) is 6.04 Å². The third-order valence-electron chi connectivity index (χ3n) is 3.84. The zero-order chi connectivity index (χ0) is 13.8. The summed E-state index contributed by atoms with van der Waals surface area (Å²) in [5.74, 6) is 0.638. The summed E-state index contributed by atoms with van der Waals surface area (Å²) in [6.07, 6.45) is 2.86. The van der Waals surface area contributed by atoms with Crippen molar-refractivity contribution in [3.05, 3.63) is 35.4 Å². The zero-order valence-corrected chi connectivity index (χ0v) is 11.9. The van der Waals surface area contributed by atoms with E-state index in [9.17, 15) is 4.79 Å². The lowest BCUT2D eigenvalue weighted by Crippen LogP contribution is -2.43. The molecule has 1 aliphatic rings. The van der Waals surface area contributed by atoms with Crippen LogP contribution in [0.3, 0.4) is 0 Å². The first-order valence-corrected chi connectivity index (χ1v) is 7.21. The molecule has 0 saturated carbocycles. The van der Waals surface area contributed by atoms with Gasteiger partial charge in [0, 0.05) is 13.1 Å². The first kappa shape index (κ1) is 14.1. The van der Waals surface area contributed by atoms with Crippen LogP contribution in [-0.4, -0.2) is 29.9 Å². The number of rotatable bonds is 4. The van der Waals surface area contributed by atoms with E-state index in [1.165, 1.54) is 5.56 Å². The van der Waals surface area contributed by atoms with Crippen molar-refractivity contribution in [3.63, 3.8) is 0 Å². The topological polar surface area (TPSA) is 46.3 Å². The second-order valence-electron chi connectivity index (χ2n) is 5.74. The number of hydrogen-bond acceptors (Lipinski definition) is 2. The van der Waals surface area contributed by atoms with Crippen LogP contribution >= 0.6 is 0 Å². The molecular weight excluding hydrogens is 236 g/mol. The Morgan fingerprint density at radius 3 is 2.32 bits per heavy atom. The maximum Gasteiger partial charge on any atom is 0.239 e. The summed E-state index contributed by atoms with van der Waals surface area (Å²) in [6, 6.07) is 8.04. The van der Waals surface area contributed by atoms with Crippen LogP contribution in [0.5, 0.6) is 0 Å². The van der Waals surface area contributed by atoms with E-state index >= 15 is 0 Å². The summed E-state index contributed by atoms with van der Waals surface area (Å²) in [5, 5.41) is 0. The molecule has 0 aliphatic carbocycles. The van der Waals surface area contributed by atoms with Gasteiger partial charge in [-0.2, -0.15) is 0 Å². The molecule has 19 heavy (non-hydrogen) atoms. The lowest BCUT2D eigenvalue weighted by atomic mass is 9.99. The minimum absolute atomic E-state index is 0.102. The normalized spacial score (nSPS) is 16.9. The average Bonchev–Trinajstić information content (AvgIpc) is 2.92. The highest BCUT2D eigenvalue weighted by Crippen LogP contribution is 2.16. The van der Waals surface area contributed by atoms with Gasteiger partial charge in [0.25, 0.3) is 0 Å². The molecule has 1 aromatic carbocycles. The van der Waals surface area contributed by atoms with Crippen LogP contribution in [0.1, 0.15) is 43.7 Å². The Hall–Kier alpha value is -1.35. The number of benzene rings is 1. The van der Waals surface area contributed by atoms with Crippen LogP contribution < -0.4 is 5.73 Å². The summed E-state index contributed by atoms with van der Waals surface area (Å²) >= 11 is 0. The lowest BCUT2D eigenvalue weighted by Gasteiger charge is -2.20. The van der Waals surface area contributed by atoms with Crippen LogP contribution in [0.4, 0.5) is 0 Å². The lowest BCUT2D eigenvalue weighted by molar-refractivity contribution is -0.131. The van der Waals surface area contributed by atoms with Crippen molar-refractivity contribution in [2.75, 3.05) is 13.1 Å². The molecule has 2 rings (SSSR count). The minimum atomic E-state index is -0.400. The van der Waals surface area contributed by atoms with Crippen molar-refractivity contribution in [1.29, 1.82) is 0 Å². The quantitative estimate of drug-likeness (QED) is 0.903. The molecule has 1 aliphatic heterocycles. The fraction of sp³-hybridized carbons (Fsp3) is 0.562. The highest BCUT2D eigenvalue weighted by Gasteiger charge is 2.23. The van der Waals surface area contributed by atoms with Crippen molar-refractivity contribution in [2.45, 2.75) is 45.1 Å². The molecular formula is C16H24N2O. The minimum Gasteiger partial charge on any atom is -0.341 e. The Balaban J connectivity index is 1.94. The molecule has 1 aromatic rings. The van der Waals surface area contributed by atoms with Crippen LogP contribution in [-0.2, 0) is 11.2 Å². The summed E-state index contributed by atoms with van der Waals surface area (Å²) in [5.41, 5.74) is 8.50. The number of carbonyl (C=O) groups excluding carboxylic acids is 1. The molecule has 1 atom stereocenters. The van der Waals surface area contributed by atoms with Crippen LogP contribution in [0.2, 0.25) is 0 Å². The van der Waals surface area contributed by atoms with Crippen LogP contribution in [0.15, 0.2) is 24.3 Å². The van der Waals surface area contributed by atoms with E-state index in [0.29, 0.717) is 12.3 Å². The van der Waals surface area contributed by atoms with E-state index in [0.717, 1.165) is 31.5 Å². The van der Waals surface area contributed by atoms with Gasteiger partial charge in [-0.25, -0.2) is 0 Å². The van der Waals surface area contributed by atoms with E-state index in [4.69, 9.17) is 5.73 Å². The second-order valence-corrected chi connectivity index (χ2v) is 5.74. The van der Waals surface area contributed by atoms with Gasteiger partial charge in [0.15, 0.2) is 0 Å². The van der Waals surface area contributed by atoms with Crippen molar-refractivity contribution in [3.8, 4) is 0 Å². The fourth-order valence-electron chi connectivity index (χ4n) is 2.55. The van der Waals surface area contributed by atoms with Crippen molar-refractivity contribution in [2.24, 2.45) is 5.73 Å². The Bertz CT molecular complexity index is 419. The maximum absolute atomic E-state index is 12.1. The van der Waals surface area contributed by atoms with Crippen molar-refractivity contribution in [1.82, 2.24) is 4.90 Å². The molecule has 3 heteroatoms. The van der Waals surface area contributed by atoms with E-state index in [-0.39, 0.29) is 5.91 Å². The Kier molecular flexibility index (Phi) is 4.59. The number of amides is 1. The fourth-order valence-corrected chi connectivity index (χ4v) is 2.55. The largest absolute Gasteiger partial charge is 0.341 e. The molecule has 1 heterocycles. The maximum atomic E-state index is 12.1. The standard InChI is InChI=1S/C16H24N2O/c1-12(2)14-7-5-13(6-8-14)11-15(17)16(19)18-9-3-4-10-18/h5-8,12,15H,3-4,9-11,17H2,1-2H3. The van der Waals surface area contributed by atoms with Crippen LogP contribution in [0.25, 0.3) is 0 Å². The Morgan fingerprint density at radius 2 is 1.79 bits per heavy atom. The van der Waals surface area contributed by atoms with Gasteiger partial charge in [-0.05, 0) is 36.3 Å². The molecule has 2 N–H and O–H groups in total. The molecule has 0 bridgehead atoms. The van der Waals surface area contributed by atoms with E-state index in [1.807, 2.05) is 4.90 Å². The summed E-state index contributed by atoms with van der Waals surface area (Å²) in [4.78, 5) is 14.0. The SMILES string of the molecule is CC(C)c1ccc(CC(N)C(=O)N2CCCC2)cc1. The van der Waals surface area contributed by atoms with E-state index in [1.54, 1.807) is 0 Å². The molecule has 104 valence electrons. The average molecular weight is 260 g/mol.